The van der Waals surface area contributed by atoms with Crippen molar-refractivity contribution in [3.63, 3.8) is 0 Å². The molecule has 0 fully saturated rings. The normalized spacial score (nSPS) is 13.6. The van der Waals surface area contributed by atoms with Crippen LogP contribution in [0.15, 0.2) is 12.1 Å². The molecule has 0 saturated heterocycles. The lowest BCUT2D eigenvalue weighted by atomic mass is 10.0. The molecule has 2 N–H and O–H groups in total. The number of nitrogens with two attached hydrogens (primary N) is 1. The van der Waals surface area contributed by atoms with Crippen LogP contribution in [-0.4, -0.2) is 19.4 Å². The second-order valence-electron chi connectivity index (χ2n) is 3.84. The smallest absolute Gasteiger partial charge is 0.307 e. The van der Waals surface area contributed by atoms with Crippen LogP contribution in [0, 0.1) is 0 Å². The summed E-state index contributed by atoms with van der Waals surface area (Å²) in [7, 11) is 0. The topological polar surface area (TPSA) is 70.8 Å². The van der Waals surface area contributed by atoms with Crippen LogP contribution in [0.5, 0.6) is 11.5 Å². The summed E-state index contributed by atoms with van der Waals surface area (Å²) >= 11 is 6.10. The van der Waals surface area contributed by atoms with Gasteiger partial charge in [-0.15, -0.1) is 12.4 Å². The summed E-state index contributed by atoms with van der Waals surface area (Å²) in [6, 6.07) is 2.82. The van der Waals surface area contributed by atoms with Crippen LogP contribution in [0.25, 0.3) is 0 Å². The number of hydrogen-bond acceptors (Lipinski definition) is 5. The second-order valence-corrected chi connectivity index (χ2v) is 4.25. The molecule has 7 heteroatoms. The Kier molecular flexibility index (Phi) is 5.72. The molecule has 106 valence electrons. The molecule has 5 nitrogen and oxygen atoms in total. The van der Waals surface area contributed by atoms with Crippen LogP contribution in [0.2, 0.25) is 5.02 Å². The summed E-state index contributed by atoms with van der Waals surface area (Å²) in [5.41, 5.74) is 6.59. The van der Waals surface area contributed by atoms with Gasteiger partial charge in [-0.05, 0) is 18.6 Å². The minimum atomic E-state index is -0.522. The van der Waals surface area contributed by atoms with E-state index in [9.17, 15) is 4.79 Å². The van der Waals surface area contributed by atoms with Crippen molar-refractivity contribution < 1.29 is 19.0 Å². The molecule has 1 aliphatic rings. The molecule has 1 aromatic carbocycles. The first-order valence-corrected chi connectivity index (χ1v) is 6.00. The number of carbonyl (C=O) groups is 1. The van der Waals surface area contributed by atoms with Crippen LogP contribution in [0.1, 0.15) is 24.9 Å². The highest BCUT2D eigenvalue weighted by molar-refractivity contribution is 6.31. The SMILES string of the molecule is CCOC(=O)C[C@H](N)c1cc2c(cc1Cl)OCO2.Cl. The number of rotatable bonds is 4. The van der Waals surface area contributed by atoms with Gasteiger partial charge in [-0.2, -0.15) is 0 Å². The van der Waals surface area contributed by atoms with Crippen molar-refractivity contribution in [2.75, 3.05) is 13.4 Å². The molecule has 0 radical (unpaired) electrons. The van der Waals surface area contributed by atoms with E-state index in [-0.39, 0.29) is 31.6 Å². The fourth-order valence-electron chi connectivity index (χ4n) is 1.73. The Balaban J connectivity index is 0.00000180. The molecule has 0 unspecified atom stereocenters. The van der Waals surface area contributed by atoms with E-state index in [2.05, 4.69) is 0 Å². The Labute approximate surface area is 122 Å². The third-order valence-electron chi connectivity index (χ3n) is 2.58. The molecule has 1 atom stereocenters. The molecule has 1 aromatic rings. The van der Waals surface area contributed by atoms with Gasteiger partial charge >= 0.3 is 5.97 Å². The Morgan fingerprint density at radius 3 is 2.74 bits per heavy atom. The maximum absolute atomic E-state index is 11.4. The number of hydrogen-bond donors (Lipinski definition) is 1. The Morgan fingerprint density at radius 2 is 2.11 bits per heavy atom. The minimum Gasteiger partial charge on any atom is -0.466 e. The summed E-state index contributed by atoms with van der Waals surface area (Å²) in [6.45, 7) is 2.25. The molecule has 0 amide bonds. The van der Waals surface area contributed by atoms with E-state index in [1.165, 1.54) is 0 Å². The Morgan fingerprint density at radius 1 is 1.47 bits per heavy atom. The predicted molar refractivity (Wildman–Crippen MR) is 73.0 cm³/mol. The third kappa shape index (κ3) is 3.65. The standard InChI is InChI=1S/C12H14ClNO4.ClH/c1-2-16-12(15)5-9(14)7-3-10-11(4-8(7)13)18-6-17-10;/h3-4,9H,2,5-6,14H2,1H3;1H/t9-;/m0./s1. The van der Waals surface area contributed by atoms with Gasteiger partial charge in [-0.3, -0.25) is 4.79 Å². The molecule has 1 heterocycles. The van der Waals surface area contributed by atoms with E-state index >= 15 is 0 Å². The number of esters is 1. The van der Waals surface area contributed by atoms with Crippen molar-refractivity contribution in [3.05, 3.63) is 22.7 Å². The molecule has 0 aliphatic carbocycles. The maximum atomic E-state index is 11.4. The van der Waals surface area contributed by atoms with Gasteiger partial charge in [0.25, 0.3) is 0 Å². The molecule has 0 saturated carbocycles. The number of fused-ring (bicyclic) bond motifs is 1. The molecular weight excluding hydrogens is 293 g/mol. The first-order chi connectivity index (χ1) is 8.61. The molecule has 1 aliphatic heterocycles. The molecule has 0 aromatic heterocycles. The fourth-order valence-corrected chi connectivity index (χ4v) is 2.02. The van der Waals surface area contributed by atoms with Crippen molar-refractivity contribution in [3.8, 4) is 11.5 Å². The maximum Gasteiger partial charge on any atom is 0.307 e. The molecule has 2 rings (SSSR count). The first-order valence-electron chi connectivity index (χ1n) is 5.62. The lowest BCUT2D eigenvalue weighted by Crippen LogP contribution is -2.17. The largest absolute Gasteiger partial charge is 0.466 e. The second kappa shape index (κ2) is 6.84. The number of ether oxygens (including phenoxy) is 3. The van der Waals surface area contributed by atoms with E-state index in [0.717, 1.165) is 0 Å². The van der Waals surface area contributed by atoms with Crippen LogP contribution in [0.3, 0.4) is 0 Å². The monoisotopic (exact) mass is 307 g/mol. The van der Waals surface area contributed by atoms with Crippen molar-refractivity contribution in [1.29, 1.82) is 0 Å². The van der Waals surface area contributed by atoms with Crippen LogP contribution >= 0.6 is 24.0 Å². The number of carbonyl (C=O) groups excluding carboxylic acids is 1. The molecule has 19 heavy (non-hydrogen) atoms. The van der Waals surface area contributed by atoms with E-state index in [1.807, 2.05) is 0 Å². The highest BCUT2D eigenvalue weighted by Gasteiger charge is 2.21. The fraction of sp³-hybridized carbons (Fsp3) is 0.417. The highest BCUT2D eigenvalue weighted by Crippen LogP contribution is 2.38. The van der Waals surface area contributed by atoms with Crippen molar-refractivity contribution in [1.82, 2.24) is 0 Å². The van der Waals surface area contributed by atoms with Gasteiger partial charge in [-0.25, -0.2) is 0 Å². The van der Waals surface area contributed by atoms with E-state index in [1.54, 1.807) is 19.1 Å². The van der Waals surface area contributed by atoms with Gasteiger partial charge in [0.15, 0.2) is 11.5 Å². The first kappa shape index (κ1) is 15.9. The van der Waals surface area contributed by atoms with E-state index in [0.29, 0.717) is 28.7 Å². The third-order valence-corrected chi connectivity index (χ3v) is 2.91. The number of benzene rings is 1. The van der Waals surface area contributed by atoms with Crippen LogP contribution in [0.4, 0.5) is 0 Å². The van der Waals surface area contributed by atoms with Gasteiger partial charge < -0.3 is 19.9 Å². The minimum absolute atomic E-state index is 0. The predicted octanol–water partition coefficient (Wildman–Crippen LogP) is 2.44. The zero-order chi connectivity index (χ0) is 13.1. The van der Waals surface area contributed by atoms with Gasteiger partial charge in [0, 0.05) is 17.1 Å². The van der Waals surface area contributed by atoms with E-state index < -0.39 is 6.04 Å². The van der Waals surface area contributed by atoms with Gasteiger partial charge in [0.1, 0.15) is 0 Å². The van der Waals surface area contributed by atoms with Gasteiger partial charge in [-0.1, -0.05) is 11.6 Å². The van der Waals surface area contributed by atoms with Crippen molar-refractivity contribution in [2.24, 2.45) is 5.73 Å². The van der Waals surface area contributed by atoms with Crippen LogP contribution in [-0.2, 0) is 9.53 Å². The van der Waals surface area contributed by atoms with E-state index in [4.69, 9.17) is 31.5 Å². The average Bonchev–Trinajstić information content (AvgIpc) is 2.74. The highest BCUT2D eigenvalue weighted by atomic mass is 35.5. The summed E-state index contributed by atoms with van der Waals surface area (Å²) < 4.78 is 15.3. The molecule has 0 bridgehead atoms. The van der Waals surface area contributed by atoms with Crippen LogP contribution < -0.4 is 15.2 Å². The summed E-state index contributed by atoms with van der Waals surface area (Å²) in [5.74, 6) is 0.833. The summed E-state index contributed by atoms with van der Waals surface area (Å²) in [6.07, 6.45) is 0.0766. The average molecular weight is 308 g/mol. The van der Waals surface area contributed by atoms with Gasteiger partial charge in [0.2, 0.25) is 6.79 Å². The van der Waals surface area contributed by atoms with Crippen molar-refractivity contribution >= 4 is 30.0 Å². The lowest BCUT2D eigenvalue weighted by Gasteiger charge is -2.13. The summed E-state index contributed by atoms with van der Waals surface area (Å²) in [5, 5.41) is 0.455. The van der Waals surface area contributed by atoms with Crippen molar-refractivity contribution in [2.45, 2.75) is 19.4 Å². The Bertz CT molecular complexity index is 467. The number of halogens is 2. The lowest BCUT2D eigenvalue weighted by molar-refractivity contribution is -0.143. The molecule has 0 spiro atoms. The Hall–Kier alpha value is -1.17. The quantitative estimate of drug-likeness (QED) is 0.865. The zero-order valence-corrected chi connectivity index (χ0v) is 11.9. The zero-order valence-electron chi connectivity index (χ0n) is 10.3. The molecular formula is C12H15Cl2NO4. The summed E-state index contributed by atoms with van der Waals surface area (Å²) in [4.78, 5) is 11.4. The van der Waals surface area contributed by atoms with Gasteiger partial charge in [0.05, 0.1) is 13.0 Å².